The van der Waals surface area contributed by atoms with Crippen molar-refractivity contribution >= 4 is 29.2 Å². The SMILES string of the molecule is CC(NC(=O)N(C)C1CCN(C)CC1)c1ccc(-c2cncc(-c3c[nH]cn3)c2)c(Cl)c1Cl. The minimum absolute atomic E-state index is 0.107. The van der Waals surface area contributed by atoms with Crippen molar-refractivity contribution in [1.29, 1.82) is 0 Å². The van der Waals surface area contributed by atoms with Crippen molar-refractivity contribution < 1.29 is 4.79 Å². The fraction of sp³-hybridized carbons (Fsp3) is 0.375. The summed E-state index contributed by atoms with van der Waals surface area (Å²) in [5.74, 6) is 0. The van der Waals surface area contributed by atoms with Crippen molar-refractivity contribution in [2.45, 2.75) is 31.8 Å². The maximum Gasteiger partial charge on any atom is 0.317 e. The van der Waals surface area contributed by atoms with Crippen LogP contribution in [-0.4, -0.2) is 64.0 Å². The second-order valence-corrected chi connectivity index (χ2v) is 9.32. The molecular weight excluding hydrogens is 459 g/mol. The number of H-pyrrole nitrogens is 1. The predicted octanol–water partition coefficient (Wildman–Crippen LogP) is 5.24. The Balaban J connectivity index is 1.50. The van der Waals surface area contributed by atoms with E-state index in [4.69, 9.17) is 23.2 Å². The Hall–Kier alpha value is -2.61. The number of likely N-dealkylation sites (tertiary alicyclic amines) is 1. The number of nitrogens with zero attached hydrogens (tertiary/aromatic N) is 4. The number of benzene rings is 1. The van der Waals surface area contributed by atoms with E-state index in [-0.39, 0.29) is 18.1 Å². The molecule has 1 aromatic carbocycles. The molecule has 0 spiro atoms. The van der Waals surface area contributed by atoms with Crippen LogP contribution in [0.1, 0.15) is 31.4 Å². The lowest BCUT2D eigenvalue weighted by Gasteiger charge is -2.35. The lowest BCUT2D eigenvalue weighted by Crippen LogP contribution is -2.48. The van der Waals surface area contributed by atoms with E-state index in [1.807, 2.05) is 38.4 Å². The molecule has 1 atom stereocenters. The maximum absolute atomic E-state index is 12.9. The van der Waals surface area contributed by atoms with Crippen molar-refractivity contribution in [1.82, 2.24) is 30.1 Å². The van der Waals surface area contributed by atoms with E-state index < -0.39 is 0 Å². The highest BCUT2D eigenvalue weighted by Crippen LogP contribution is 2.38. The molecular formula is C24H28Cl2N6O. The molecule has 33 heavy (non-hydrogen) atoms. The average Bonchev–Trinajstić information content (AvgIpc) is 3.36. The zero-order valence-electron chi connectivity index (χ0n) is 19.0. The summed E-state index contributed by atoms with van der Waals surface area (Å²) in [4.78, 5) is 28.5. The summed E-state index contributed by atoms with van der Waals surface area (Å²) in [6, 6.07) is 5.64. The first-order valence-corrected chi connectivity index (χ1v) is 11.7. The molecule has 2 amide bonds. The third-order valence-corrected chi connectivity index (χ3v) is 7.21. The maximum atomic E-state index is 12.9. The van der Waals surface area contributed by atoms with Crippen molar-refractivity contribution in [3.8, 4) is 22.4 Å². The van der Waals surface area contributed by atoms with Gasteiger partial charge in [-0.2, -0.15) is 0 Å². The van der Waals surface area contributed by atoms with Crippen molar-refractivity contribution in [2.75, 3.05) is 27.2 Å². The molecule has 0 radical (unpaired) electrons. The zero-order valence-corrected chi connectivity index (χ0v) is 20.5. The summed E-state index contributed by atoms with van der Waals surface area (Å²) < 4.78 is 0. The van der Waals surface area contributed by atoms with Gasteiger partial charge in [-0.3, -0.25) is 4.98 Å². The van der Waals surface area contributed by atoms with Gasteiger partial charge in [-0.15, -0.1) is 0 Å². The van der Waals surface area contributed by atoms with E-state index in [2.05, 4.69) is 32.2 Å². The molecule has 2 aromatic heterocycles. The first kappa shape index (κ1) is 23.5. The van der Waals surface area contributed by atoms with Gasteiger partial charge < -0.3 is 20.1 Å². The van der Waals surface area contributed by atoms with Gasteiger partial charge in [0.2, 0.25) is 0 Å². The third-order valence-electron chi connectivity index (χ3n) is 6.32. The summed E-state index contributed by atoms with van der Waals surface area (Å²) in [5.41, 5.74) is 4.06. The van der Waals surface area contributed by atoms with Gasteiger partial charge in [0.25, 0.3) is 0 Å². The van der Waals surface area contributed by atoms with E-state index in [1.54, 1.807) is 23.6 Å². The Kier molecular flexibility index (Phi) is 7.22. The minimum Gasteiger partial charge on any atom is -0.351 e. The molecule has 1 aliphatic rings. The van der Waals surface area contributed by atoms with Crippen LogP contribution in [0.15, 0.2) is 43.1 Å². The normalized spacial score (nSPS) is 15.9. The molecule has 7 nitrogen and oxygen atoms in total. The number of imidazole rings is 1. The molecule has 0 aliphatic carbocycles. The van der Waals surface area contributed by atoms with Crippen LogP contribution in [-0.2, 0) is 0 Å². The Morgan fingerprint density at radius 3 is 2.64 bits per heavy atom. The number of rotatable bonds is 5. The fourth-order valence-electron chi connectivity index (χ4n) is 4.18. The Bertz CT molecular complexity index is 1110. The number of pyridine rings is 1. The zero-order chi connectivity index (χ0) is 23.5. The Morgan fingerprint density at radius 1 is 1.21 bits per heavy atom. The number of carbonyl (C=O) groups is 1. The largest absolute Gasteiger partial charge is 0.351 e. The second-order valence-electron chi connectivity index (χ2n) is 8.56. The lowest BCUT2D eigenvalue weighted by molar-refractivity contribution is 0.146. The fourth-order valence-corrected chi connectivity index (χ4v) is 4.79. The van der Waals surface area contributed by atoms with Gasteiger partial charge in [0, 0.05) is 48.4 Å². The van der Waals surface area contributed by atoms with E-state index in [0.717, 1.165) is 53.9 Å². The summed E-state index contributed by atoms with van der Waals surface area (Å²) in [6.45, 7) is 3.91. The molecule has 2 N–H and O–H groups in total. The van der Waals surface area contributed by atoms with Gasteiger partial charge in [0.05, 0.1) is 28.1 Å². The summed E-state index contributed by atoms with van der Waals surface area (Å²) >= 11 is 13.3. The first-order chi connectivity index (χ1) is 15.8. The van der Waals surface area contributed by atoms with Crippen molar-refractivity contribution in [3.63, 3.8) is 0 Å². The Labute approximate surface area is 204 Å². The van der Waals surface area contributed by atoms with E-state index >= 15 is 0 Å². The molecule has 1 aliphatic heterocycles. The van der Waals surface area contributed by atoms with E-state index in [9.17, 15) is 4.79 Å². The molecule has 174 valence electrons. The molecule has 0 saturated carbocycles. The Morgan fingerprint density at radius 2 is 1.94 bits per heavy atom. The van der Waals surface area contributed by atoms with Gasteiger partial charge >= 0.3 is 6.03 Å². The number of aromatic nitrogens is 3. The number of halogens is 2. The predicted molar refractivity (Wildman–Crippen MR) is 133 cm³/mol. The molecule has 3 heterocycles. The van der Waals surface area contributed by atoms with Gasteiger partial charge in [-0.25, -0.2) is 9.78 Å². The summed E-state index contributed by atoms with van der Waals surface area (Å²) in [6.07, 6.45) is 8.88. The van der Waals surface area contributed by atoms with Crippen LogP contribution in [0.2, 0.25) is 10.0 Å². The number of hydrogen-bond acceptors (Lipinski definition) is 4. The summed E-state index contributed by atoms with van der Waals surface area (Å²) in [5, 5.41) is 3.92. The van der Waals surface area contributed by atoms with E-state index in [0.29, 0.717) is 10.0 Å². The standard InChI is InChI=1S/C24H28Cl2N6O/c1-15(30-24(33)32(3)18-6-8-31(2)9-7-18)19-4-5-20(23(26)22(19)25)16-10-17(12-27-11-16)21-13-28-14-29-21/h4-5,10-15,18H,6-9H2,1-3H3,(H,28,29)(H,30,33). The van der Waals surface area contributed by atoms with E-state index in [1.165, 1.54) is 0 Å². The number of carbonyl (C=O) groups excluding carboxylic acids is 1. The van der Waals surface area contributed by atoms with Crippen LogP contribution in [0.25, 0.3) is 22.4 Å². The number of aromatic amines is 1. The smallest absolute Gasteiger partial charge is 0.317 e. The number of nitrogens with one attached hydrogen (secondary N) is 2. The average molecular weight is 487 g/mol. The monoisotopic (exact) mass is 486 g/mol. The summed E-state index contributed by atoms with van der Waals surface area (Å²) in [7, 11) is 3.96. The van der Waals surface area contributed by atoms with Crippen LogP contribution >= 0.6 is 23.2 Å². The van der Waals surface area contributed by atoms with Gasteiger partial charge in [0.15, 0.2) is 0 Å². The number of urea groups is 1. The lowest BCUT2D eigenvalue weighted by atomic mass is 10.0. The van der Waals surface area contributed by atoms with Gasteiger partial charge in [-0.1, -0.05) is 35.3 Å². The third kappa shape index (κ3) is 5.16. The van der Waals surface area contributed by atoms with Crippen LogP contribution in [0.4, 0.5) is 4.79 Å². The van der Waals surface area contributed by atoms with Crippen LogP contribution in [0.3, 0.4) is 0 Å². The van der Waals surface area contributed by atoms with Crippen LogP contribution in [0, 0.1) is 0 Å². The van der Waals surface area contributed by atoms with Crippen LogP contribution in [0.5, 0.6) is 0 Å². The quantitative estimate of drug-likeness (QED) is 0.516. The molecule has 0 bridgehead atoms. The highest BCUT2D eigenvalue weighted by Gasteiger charge is 2.26. The highest BCUT2D eigenvalue weighted by molar-refractivity contribution is 6.44. The van der Waals surface area contributed by atoms with Gasteiger partial charge in [0.1, 0.15) is 0 Å². The molecule has 3 aromatic rings. The molecule has 9 heteroatoms. The van der Waals surface area contributed by atoms with Gasteiger partial charge in [-0.05, 0) is 51.5 Å². The second kappa shape index (κ2) is 10.1. The molecule has 4 rings (SSSR count). The number of piperidine rings is 1. The first-order valence-electron chi connectivity index (χ1n) is 11.0. The molecule has 1 saturated heterocycles. The number of amides is 2. The number of hydrogen-bond donors (Lipinski definition) is 2. The molecule has 1 fully saturated rings. The van der Waals surface area contributed by atoms with Crippen molar-refractivity contribution in [2.24, 2.45) is 0 Å². The molecule has 1 unspecified atom stereocenters. The van der Waals surface area contributed by atoms with Crippen molar-refractivity contribution in [3.05, 3.63) is 58.7 Å². The minimum atomic E-state index is -0.293. The highest BCUT2D eigenvalue weighted by atomic mass is 35.5. The topological polar surface area (TPSA) is 77.2 Å². The van der Waals surface area contributed by atoms with Crippen LogP contribution < -0.4 is 5.32 Å².